The van der Waals surface area contributed by atoms with Gasteiger partial charge in [0.25, 0.3) is 0 Å². The van der Waals surface area contributed by atoms with Gasteiger partial charge in [-0.2, -0.15) is 0 Å². The van der Waals surface area contributed by atoms with Crippen molar-refractivity contribution in [1.82, 2.24) is 5.32 Å². The van der Waals surface area contributed by atoms with Gasteiger partial charge in [-0.05, 0) is 81.4 Å². The molecular weight excluding hydrogens is 319 g/mol. The van der Waals surface area contributed by atoms with E-state index in [4.69, 9.17) is 0 Å². The van der Waals surface area contributed by atoms with Gasteiger partial charge in [-0.3, -0.25) is 9.59 Å². The van der Waals surface area contributed by atoms with E-state index in [1.165, 1.54) is 31.4 Å². The predicted molar refractivity (Wildman–Crippen MR) is 93.2 cm³/mol. The molecule has 1 aromatic rings. The Hall–Kier alpha value is -1.91. The minimum absolute atomic E-state index is 0.0356. The van der Waals surface area contributed by atoms with Crippen molar-refractivity contribution in [2.45, 2.75) is 51.5 Å². The van der Waals surface area contributed by atoms with Crippen LogP contribution in [-0.4, -0.2) is 17.9 Å². The molecule has 5 rings (SSSR count). The minimum atomic E-state index is -0.635. The van der Waals surface area contributed by atoms with Crippen LogP contribution >= 0.6 is 0 Å². The van der Waals surface area contributed by atoms with E-state index in [0.29, 0.717) is 23.4 Å². The molecule has 0 radical (unpaired) electrons. The second kappa shape index (κ2) is 6.11. The highest BCUT2D eigenvalue weighted by atomic mass is 19.1. The molecule has 4 bridgehead atoms. The predicted octanol–water partition coefficient (Wildman–Crippen LogP) is 3.49. The number of anilines is 1. The molecule has 25 heavy (non-hydrogen) atoms. The highest BCUT2D eigenvalue weighted by Crippen LogP contribution is 2.60. The number of benzene rings is 1. The van der Waals surface area contributed by atoms with Crippen molar-refractivity contribution in [2.24, 2.45) is 23.2 Å². The summed E-state index contributed by atoms with van der Waals surface area (Å²) in [4.78, 5) is 25.3. The first-order valence-electron chi connectivity index (χ1n) is 9.31. The smallest absolute Gasteiger partial charge is 0.246 e. The van der Waals surface area contributed by atoms with Crippen LogP contribution in [0.5, 0.6) is 0 Å². The summed E-state index contributed by atoms with van der Waals surface area (Å²) < 4.78 is 13.2. The highest BCUT2D eigenvalue weighted by molar-refractivity contribution is 5.97. The molecular formula is C20H25FN2O2. The molecule has 0 heterocycles. The van der Waals surface area contributed by atoms with Crippen molar-refractivity contribution in [1.29, 1.82) is 0 Å². The Morgan fingerprint density at radius 2 is 1.72 bits per heavy atom. The lowest BCUT2D eigenvalue weighted by Gasteiger charge is -2.55. The fraction of sp³-hybridized carbons (Fsp3) is 0.600. The lowest BCUT2D eigenvalue weighted by molar-refractivity contribution is -0.147. The normalized spacial score (nSPS) is 33.8. The van der Waals surface area contributed by atoms with Gasteiger partial charge in [0.05, 0.1) is 0 Å². The number of halogens is 1. The van der Waals surface area contributed by atoms with E-state index in [9.17, 15) is 14.0 Å². The lowest BCUT2D eigenvalue weighted by atomic mass is 9.49. The number of hydrogen-bond donors (Lipinski definition) is 2. The van der Waals surface area contributed by atoms with Gasteiger partial charge in [-0.1, -0.05) is 6.07 Å². The Morgan fingerprint density at radius 1 is 1.12 bits per heavy atom. The number of amides is 2. The fourth-order valence-electron chi connectivity index (χ4n) is 5.62. The van der Waals surface area contributed by atoms with Crippen molar-refractivity contribution >= 4 is 17.5 Å². The van der Waals surface area contributed by atoms with E-state index < -0.39 is 11.9 Å². The van der Waals surface area contributed by atoms with Gasteiger partial charge >= 0.3 is 0 Å². The van der Waals surface area contributed by atoms with Crippen LogP contribution in [0.1, 0.15) is 45.4 Å². The first-order valence-corrected chi connectivity index (χ1v) is 9.31. The Kier molecular flexibility index (Phi) is 4.05. The quantitative estimate of drug-likeness (QED) is 0.878. The van der Waals surface area contributed by atoms with Crippen molar-refractivity contribution in [3.63, 3.8) is 0 Å². The SMILES string of the molecule is C[C@H](NC(=O)C12CC3CC(CC(C3)C1)C2)C(=O)Nc1cccc(F)c1. The van der Waals surface area contributed by atoms with Crippen LogP contribution in [0.3, 0.4) is 0 Å². The molecule has 134 valence electrons. The largest absolute Gasteiger partial charge is 0.344 e. The molecule has 0 unspecified atom stereocenters. The summed E-state index contributed by atoms with van der Waals surface area (Å²) in [5, 5.41) is 5.59. The summed E-state index contributed by atoms with van der Waals surface area (Å²) >= 11 is 0. The van der Waals surface area contributed by atoms with E-state index in [1.54, 1.807) is 19.1 Å². The van der Waals surface area contributed by atoms with Crippen LogP contribution in [0, 0.1) is 29.0 Å². The standard InChI is InChI=1S/C20H25FN2O2/c1-12(18(24)23-17-4-2-3-16(21)8-17)22-19(25)20-9-13-5-14(10-20)7-15(6-13)11-20/h2-4,8,12-15H,5-7,9-11H2,1H3,(H,22,25)(H,23,24)/t12-,13?,14?,15?,20?/m0/s1. The van der Waals surface area contributed by atoms with Crippen molar-refractivity contribution < 1.29 is 14.0 Å². The van der Waals surface area contributed by atoms with Gasteiger partial charge in [-0.25, -0.2) is 4.39 Å². The van der Waals surface area contributed by atoms with E-state index in [0.717, 1.165) is 19.3 Å². The first-order chi connectivity index (χ1) is 11.9. The van der Waals surface area contributed by atoms with Crippen molar-refractivity contribution in [2.75, 3.05) is 5.32 Å². The minimum Gasteiger partial charge on any atom is -0.344 e. The number of hydrogen-bond acceptors (Lipinski definition) is 2. The van der Waals surface area contributed by atoms with Gasteiger partial charge in [0.2, 0.25) is 11.8 Å². The topological polar surface area (TPSA) is 58.2 Å². The zero-order valence-corrected chi connectivity index (χ0v) is 14.6. The Balaban J connectivity index is 1.39. The highest BCUT2D eigenvalue weighted by Gasteiger charge is 2.54. The van der Waals surface area contributed by atoms with Crippen LogP contribution in [0.4, 0.5) is 10.1 Å². The second-order valence-corrected chi connectivity index (χ2v) is 8.39. The molecule has 4 aliphatic carbocycles. The average molecular weight is 344 g/mol. The third-order valence-electron chi connectivity index (χ3n) is 6.35. The zero-order chi connectivity index (χ0) is 17.6. The average Bonchev–Trinajstić information content (AvgIpc) is 2.53. The van der Waals surface area contributed by atoms with E-state index >= 15 is 0 Å². The van der Waals surface area contributed by atoms with Crippen LogP contribution in [0.25, 0.3) is 0 Å². The molecule has 5 heteroatoms. The number of rotatable bonds is 4. The summed E-state index contributed by atoms with van der Waals surface area (Å²) in [6, 6.07) is 5.14. The van der Waals surface area contributed by atoms with Crippen LogP contribution in [0.15, 0.2) is 24.3 Å². The molecule has 2 amide bonds. The monoisotopic (exact) mass is 344 g/mol. The molecule has 2 N–H and O–H groups in total. The van der Waals surface area contributed by atoms with E-state index in [2.05, 4.69) is 10.6 Å². The van der Waals surface area contributed by atoms with Crippen LogP contribution in [-0.2, 0) is 9.59 Å². The number of carbonyl (C=O) groups is 2. The number of nitrogens with one attached hydrogen (secondary N) is 2. The van der Waals surface area contributed by atoms with Gasteiger partial charge in [-0.15, -0.1) is 0 Å². The van der Waals surface area contributed by atoms with Gasteiger partial charge in [0.1, 0.15) is 11.9 Å². The molecule has 0 aliphatic heterocycles. The fourth-order valence-corrected chi connectivity index (χ4v) is 5.62. The number of carbonyl (C=O) groups excluding carboxylic acids is 2. The Labute approximate surface area is 147 Å². The maximum absolute atomic E-state index is 13.2. The first kappa shape index (κ1) is 16.6. The van der Waals surface area contributed by atoms with Crippen molar-refractivity contribution in [3.8, 4) is 0 Å². The molecule has 0 saturated heterocycles. The molecule has 4 fully saturated rings. The molecule has 4 aliphatic rings. The third-order valence-corrected chi connectivity index (χ3v) is 6.35. The molecule has 4 nitrogen and oxygen atoms in total. The lowest BCUT2D eigenvalue weighted by Crippen LogP contribution is -2.56. The molecule has 4 saturated carbocycles. The molecule has 1 aromatic carbocycles. The molecule has 0 spiro atoms. The molecule has 0 aromatic heterocycles. The Morgan fingerprint density at radius 3 is 2.28 bits per heavy atom. The van der Waals surface area contributed by atoms with Crippen LogP contribution < -0.4 is 10.6 Å². The summed E-state index contributed by atoms with van der Waals surface area (Å²) in [5.74, 6) is 1.38. The van der Waals surface area contributed by atoms with E-state index in [-0.39, 0.29) is 17.2 Å². The maximum Gasteiger partial charge on any atom is 0.246 e. The third kappa shape index (κ3) is 3.16. The van der Waals surface area contributed by atoms with Crippen molar-refractivity contribution in [3.05, 3.63) is 30.1 Å². The zero-order valence-electron chi connectivity index (χ0n) is 14.6. The molecule has 1 atom stereocenters. The van der Waals surface area contributed by atoms with Crippen LogP contribution in [0.2, 0.25) is 0 Å². The summed E-state index contributed by atoms with van der Waals surface area (Å²) in [5.41, 5.74) is 0.142. The van der Waals surface area contributed by atoms with Gasteiger partial charge in [0.15, 0.2) is 0 Å². The second-order valence-electron chi connectivity index (χ2n) is 8.39. The Bertz CT molecular complexity index is 667. The summed E-state index contributed by atoms with van der Waals surface area (Å²) in [7, 11) is 0. The maximum atomic E-state index is 13.2. The van der Waals surface area contributed by atoms with Gasteiger partial charge in [0, 0.05) is 11.1 Å². The summed E-state index contributed by atoms with van der Waals surface area (Å²) in [6.07, 6.45) is 6.77. The van der Waals surface area contributed by atoms with Gasteiger partial charge < -0.3 is 10.6 Å². The van der Waals surface area contributed by atoms with E-state index in [1.807, 2.05) is 0 Å². The summed E-state index contributed by atoms with van der Waals surface area (Å²) in [6.45, 7) is 1.69.